The predicted octanol–water partition coefficient (Wildman–Crippen LogP) is -0.973. The fraction of sp³-hybridized carbons (Fsp3) is 0. The highest BCUT2D eigenvalue weighted by Crippen LogP contribution is 2.00. The topological polar surface area (TPSA) is 79.0 Å². The Balaban J connectivity index is 3.07. The van der Waals surface area contributed by atoms with Crippen LogP contribution in [0.5, 0.6) is 0 Å². The van der Waals surface area contributed by atoms with Gasteiger partial charge in [-0.05, 0) is 12.1 Å². The van der Waals surface area contributed by atoms with Gasteiger partial charge in [0.1, 0.15) is 0 Å². The number of rotatable bonds is 1. The summed E-state index contributed by atoms with van der Waals surface area (Å²) in [5.74, 6) is -1.31. The van der Waals surface area contributed by atoms with Gasteiger partial charge in [-0.15, -0.1) is 0 Å². The summed E-state index contributed by atoms with van der Waals surface area (Å²) in [5.41, 5.74) is 5.50. The van der Waals surface area contributed by atoms with Gasteiger partial charge in [0.05, 0.1) is 11.7 Å². The summed E-state index contributed by atoms with van der Waals surface area (Å²) >= 11 is 0. The first kappa shape index (κ1) is 6.54. The normalized spacial score (nSPS) is 9.20. The summed E-state index contributed by atoms with van der Waals surface area (Å²) in [6.45, 7) is 0. The van der Waals surface area contributed by atoms with Crippen molar-refractivity contribution >= 4 is 11.7 Å². The van der Waals surface area contributed by atoms with E-state index in [0.29, 0.717) is 5.69 Å². The van der Waals surface area contributed by atoms with Crippen molar-refractivity contribution in [3.05, 3.63) is 24.0 Å². The first-order valence-electron chi connectivity index (χ1n) is 2.63. The molecule has 10 heavy (non-hydrogen) atoms. The molecule has 0 radical (unpaired) electrons. The van der Waals surface area contributed by atoms with Gasteiger partial charge in [0, 0.05) is 11.9 Å². The predicted molar refractivity (Wildman–Crippen MR) is 33.0 cm³/mol. The highest BCUT2D eigenvalue weighted by Gasteiger charge is 1.92. The second kappa shape index (κ2) is 2.34. The Labute approximate surface area is 57.3 Å². The van der Waals surface area contributed by atoms with E-state index in [1.807, 2.05) is 0 Å². The minimum absolute atomic E-state index is 0.139. The number of hydrogen-bond donors (Lipinski definition) is 1. The molecule has 2 N–H and O–H groups in total. The van der Waals surface area contributed by atoms with Crippen LogP contribution >= 0.6 is 0 Å². The van der Waals surface area contributed by atoms with Crippen molar-refractivity contribution in [1.29, 1.82) is 0 Å². The van der Waals surface area contributed by atoms with E-state index in [1.165, 1.54) is 18.3 Å². The molecule has 0 spiro atoms. The molecule has 52 valence electrons. The maximum absolute atomic E-state index is 10.1. The molecule has 0 aliphatic heterocycles. The van der Waals surface area contributed by atoms with Crippen LogP contribution < -0.4 is 10.8 Å². The van der Waals surface area contributed by atoms with E-state index >= 15 is 0 Å². The lowest BCUT2D eigenvalue weighted by molar-refractivity contribution is -0.255. The number of aromatic carboxylic acids is 1. The van der Waals surface area contributed by atoms with Gasteiger partial charge in [0.25, 0.3) is 0 Å². The fourth-order valence-electron chi connectivity index (χ4n) is 0.559. The molecule has 0 unspecified atom stereocenters. The van der Waals surface area contributed by atoms with Gasteiger partial charge in [-0.2, -0.15) is 0 Å². The third-order valence-electron chi connectivity index (χ3n) is 0.993. The van der Waals surface area contributed by atoms with Gasteiger partial charge < -0.3 is 15.6 Å². The number of nitrogens with zero attached hydrogens (tertiary/aromatic N) is 1. The molecule has 1 aromatic rings. The van der Waals surface area contributed by atoms with Gasteiger partial charge in [0.15, 0.2) is 0 Å². The molecule has 1 aromatic heterocycles. The minimum Gasteiger partial charge on any atom is -0.543 e. The zero-order chi connectivity index (χ0) is 7.56. The number of anilines is 1. The van der Waals surface area contributed by atoms with E-state index in [2.05, 4.69) is 4.98 Å². The number of carboxylic acid groups (broad SMARTS) is 1. The molecule has 0 saturated heterocycles. The van der Waals surface area contributed by atoms with Gasteiger partial charge in [-0.25, -0.2) is 0 Å². The third kappa shape index (κ3) is 1.22. The standard InChI is InChI=1S/C6H6N2O2/c7-4-1-2-8-5(3-4)6(9)10/h1-3H,(H2,7,8)(H,9,10)/p-1. The molecule has 4 heteroatoms. The molecule has 0 aliphatic rings. The average Bonchev–Trinajstić information content (AvgIpc) is 1.88. The Bertz CT molecular complexity index is 260. The number of aromatic nitrogens is 1. The number of carbonyl (C=O) groups excluding carboxylic acids is 1. The van der Waals surface area contributed by atoms with Crippen LogP contribution in [0.3, 0.4) is 0 Å². The zero-order valence-corrected chi connectivity index (χ0v) is 5.07. The number of pyridine rings is 1. The van der Waals surface area contributed by atoms with Crippen LogP contribution in [0.2, 0.25) is 0 Å². The van der Waals surface area contributed by atoms with E-state index in [1.54, 1.807) is 0 Å². The highest BCUT2D eigenvalue weighted by molar-refractivity contribution is 5.84. The molecule has 1 rings (SSSR count). The smallest absolute Gasteiger partial charge is 0.0900 e. The summed E-state index contributed by atoms with van der Waals surface area (Å²) in [6.07, 6.45) is 1.32. The Morgan fingerprint density at radius 1 is 1.70 bits per heavy atom. The van der Waals surface area contributed by atoms with Crippen LogP contribution in [0, 0.1) is 0 Å². The van der Waals surface area contributed by atoms with Gasteiger partial charge in [0.2, 0.25) is 0 Å². The van der Waals surface area contributed by atoms with Gasteiger partial charge in [-0.1, -0.05) is 0 Å². The summed E-state index contributed by atoms with van der Waals surface area (Å²) in [7, 11) is 0. The van der Waals surface area contributed by atoms with E-state index < -0.39 is 5.97 Å². The second-order valence-corrected chi connectivity index (χ2v) is 1.76. The number of carboxylic acids is 1. The van der Waals surface area contributed by atoms with Crippen LogP contribution in [-0.2, 0) is 0 Å². The lowest BCUT2D eigenvalue weighted by Gasteiger charge is -1.99. The van der Waals surface area contributed by atoms with E-state index in [0.717, 1.165) is 0 Å². The van der Waals surface area contributed by atoms with E-state index in [4.69, 9.17) is 5.73 Å². The maximum Gasteiger partial charge on any atom is 0.0900 e. The summed E-state index contributed by atoms with van der Waals surface area (Å²) < 4.78 is 0. The second-order valence-electron chi connectivity index (χ2n) is 1.76. The third-order valence-corrected chi connectivity index (χ3v) is 0.993. The Hall–Kier alpha value is -1.58. The molecule has 0 amide bonds. The Morgan fingerprint density at radius 2 is 2.40 bits per heavy atom. The largest absolute Gasteiger partial charge is 0.543 e. The molecular weight excluding hydrogens is 132 g/mol. The van der Waals surface area contributed by atoms with Crippen LogP contribution in [0.4, 0.5) is 5.69 Å². The lowest BCUT2D eigenvalue weighted by atomic mass is 10.3. The molecule has 0 aromatic carbocycles. The van der Waals surface area contributed by atoms with Crippen LogP contribution in [-0.4, -0.2) is 11.0 Å². The molecule has 0 atom stereocenters. The number of carbonyl (C=O) groups is 1. The first-order valence-corrected chi connectivity index (χ1v) is 2.63. The van der Waals surface area contributed by atoms with Crippen LogP contribution in [0.25, 0.3) is 0 Å². The minimum atomic E-state index is -1.31. The number of hydrogen-bond acceptors (Lipinski definition) is 4. The van der Waals surface area contributed by atoms with E-state index in [-0.39, 0.29) is 5.69 Å². The zero-order valence-electron chi connectivity index (χ0n) is 5.07. The molecule has 0 bridgehead atoms. The molecule has 0 saturated carbocycles. The van der Waals surface area contributed by atoms with Crippen LogP contribution in [0.1, 0.15) is 10.5 Å². The van der Waals surface area contributed by atoms with Crippen molar-refractivity contribution in [1.82, 2.24) is 4.98 Å². The van der Waals surface area contributed by atoms with Gasteiger partial charge >= 0.3 is 0 Å². The summed E-state index contributed by atoms with van der Waals surface area (Å²) in [4.78, 5) is 13.6. The Kier molecular flexibility index (Phi) is 1.53. The molecular formula is C6H5N2O2-. The van der Waals surface area contributed by atoms with Gasteiger partial charge in [-0.3, -0.25) is 4.98 Å². The molecule has 0 fully saturated rings. The molecule has 4 nitrogen and oxygen atoms in total. The van der Waals surface area contributed by atoms with Crippen molar-refractivity contribution in [3.63, 3.8) is 0 Å². The molecule has 0 aliphatic carbocycles. The van der Waals surface area contributed by atoms with Crippen molar-refractivity contribution in [2.75, 3.05) is 5.73 Å². The highest BCUT2D eigenvalue weighted by atomic mass is 16.4. The lowest BCUT2D eigenvalue weighted by Crippen LogP contribution is -2.23. The quantitative estimate of drug-likeness (QED) is 0.540. The summed E-state index contributed by atoms with van der Waals surface area (Å²) in [6, 6.07) is 2.75. The number of nitrogens with two attached hydrogens (primary N) is 1. The van der Waals surface area contributed by atoms with Crippen molar-refractivity contribution in [2.45, 2.75) is 0 Å². The van der Waals surface area contributed by atoms with Crippen LogP contribution in [0.15, 0.2) is 18.3 Å². The Morgan fingerprint density at radius 3 is 2.80 bits per heavy atom. The average molecular weight is 137 g/mol. The first-order chi connectivity index (χ1) is 4.70. The van der Waals surface area contributed by atoms with Crippen molar-refractivity contribution in [3.8, 4) is 0 Å². The monoisotopic (exact) mass is 137 g/mol. The fourth-order valence-corrected chi connectivity index (χ4v) is 0.559. The van der Waals surface area contributed by atoms with Crippen molar-refractivity contribution in [2.24, 2.45) is 0 Å². The van der Waals surface area contributed by atoms with Crippen molar-refractivity contribution < 1.29 is 9.90 Å². The summed E-state index contributed by atoms with van der Waals surface area (Å²) in [5, 5.41) is 10.1. The SMILES string of the molecule is Nc1ccnc(C(=O)[O-])c1. The number of nitrogen functional groups attached to an aromatic ring is 1. The molecule has 1 heterocycles. The maximum atomic E-state index is 10.1. The van der Waals surface area contributed by atoms with E-state index in [9.17, 15) is 9.90 Å².